The van der Waals surface area contributed by atoms with Gasteiger partial charge in [0.25, 0.3) is 15.9 Å². The van der Waals surface area contributed by atoms with Gasteiger partial charge in [0.05, 0.1) is 17.6 Å². The number of aliphatic hydroxyl groups is 1. The molecule has 0 heterocycles. The molecule has 0 aliphatic rings. The van der Waals surface area contributed by atoms with E-state index in [2.05, 4.69) is 0 Å². The van der Waals surface area contributed by atoms with Crippen LogP contribution in [0.5, 0.6) is 0 Å². The van der Waals surface area contributed by atoms with Gasteiger partial charge in [-0.05, 0) is 43.2 Å². The van der Waals surface area contributed by atoms with Crippen molar-refractivity contribution in [2.45, 2.75) is 37.3 Å². The molecule has 0 fully saturated rings. The first kappa shape index (κ1) is 23.0. The molecule has 0 spiro atoms. The van der Waals surface area contributed by atoms with Gasteiger partial charge in [0.1, 0.15) is 0 Å². The summed E-state index contributed by atoms with van der Waals surface area (Å²) in [6, 6.07) is 15.2. The molecule has 0 radical (unpaired) electrons. The highest BCUT2D eigenvalue weighted by Gasteiger charge is 2.27. The largest absolute Gasteiger partial charge is 0.388 e. The molecule has 2 aromatic rings. The molecule has 0 saturated carbocycles. The maximum absolute atomic E-state index is 13.1. The van der Waals surface area contributed by atoms with Crippen molar-refractivity contribution in [3.8, 4) is 0 Å². The maximum atomic E-state index is 13.1. The number of rotatable bonds is 9. The zero-order chi connectivity index (χ0) is 21.7. The Hall–Kier alpha value is -2.26. The van der Waals surface area contributed by atoms with Crippen LogP contribution in [-0.4, -0.2) is 55.1 Å². The van der Waals surface area contributed by atoms with E-state index < -0.39 is 15.6 Å². The fraction of sp³-hybridized carbons (Fsp3) is 0.381. The van der Waals surface area contributed by atoms with Gasteiger partial charge in [-0.1, -0.05) is 41.7 Å². The maximum Gasteiger partial charge on any atom is 0.264 e. The van der Waals surface area contributed by atoms with Crippen LogP contribution in [0.4, 0.5) is 0 Å². The van der Waals surface area contributed by atoms with Gasteiger partial charge in [-0.3, -0.25) is 9.63 Å². The standard InChI is InChI=1S/C21H28N2O5S/c1-5-21(2,25)16-23(15-17-9-7-6-8-10-17)20(24)18-11-13-19(14-12-18)29(26,27)22(3)28-4/h6-14,25H,5,15-16H2,1-4H3/t21-/m0/s1. The van der Waals surface area contributed by atoms with Crippen LogP contribution < -0.4 is 0 Å². The minimum absolute atomic E-state index is 0.0218. The minimum atomic E-state index is -3.79. The van der Waals surface area contributed by atoms with E-state index >= 15 is 0 Å². The highest BCUT2D eigenvalue weighted by atomic mass is 32.2. The van der Waals surface area contributed by atoms with E-state index in [0.717, 1.165) is 10.0 Å². The summed E-state index contributed by atoms with van der Waals surface area (Å²) in [5.41, 5.74) is 0.245. The van der Waals surface area contributed by atoms with Gasteiger partial charge in [-0.15, -0.1) is 0 Å². The smallest absolute Gasteiger partial charge is 0.264 e. The Morgan fingerprint density at radius 3 is 2.21 bits per heavy atom. The second-order valence-corrected chi connectivity index (χ2v) is 9.05. The van der Waals surface area contributed by atoms with E-state index in [1.165, 1.54) is 38.4 Å². The summed E-state index contributed by atoms with van der Waals surface area (Å²) in [6.07, 6.45) is 0.492. The second kappa shape index (κ2) is 9.49. The molecule has 2 rings (SSSR count). The molecule has 1 amide bonds. The molecule has 8 heteroatoms. The normalized spacial score (nSPS) is 13.9. The van der Waals surface area contributed by atoms with Crippen molar-refractivity contribution < 1.29 is 23.2 Å². The predicted octanol–water partition coefficient (Wildman–Crippen LogP) is 2.67. The van der Waals surface area contributed by atoms with E-state index in [9.17, 15) is 18.3 Å². The summed E-state index contributed by atoms with van der Waals surface area (Å²) < 4.78 is 25.4. The predicted molar refractivity (Wildman–Crippen MR) is 110 cm³/mol. The Labute approximate surface area is 172 Å². The molecular formula is C21H28N2O5S. The van der Waals surface area contributed by atoms with Gasteiger partial charge < -0.3 is 10.0 Å². The quantitative estimate of drug-likeness (QED) is 0.630. The van der Waals surface area contributed by atoms with E-state index in [1.807, 2.05) is 37.3 Å². The fourth-order valence-electron chi connectivity index (χ4n) is 2.72. The number of benzene rings is 2. The van der Waals surface area contributed by atoms with Crippen LogP contribution in [0.25, 0.3) is 0 Å². The van der Waals surface area contributed by atoms with Gasteiger partial charge in [-0.25, -0.2) is 8.42 Å². The van der Waals surface area contributed by atoms with E-state index in [-0.39, 0.29) is 17.3 Å². The fourth-order valence-corrected chi connectivity index (χ4v) is 3.70. The van der Waals surface area contributed by atoms with Crippen LogP contribution in [0.3, 0.4) is 0 Å². The molecule has 7 nitrogen and oxygen atoms in total. The van der Waals surface area contributed by atoms with Gasteiger partial charge in [0, 0.05) is 25.7 Å². The molecule has 0 unspecified atom stereocenters. The van der Waals surface area contributed by atoms with Crippen molar-refractivity contribution in [3.05, 3.63) is 65.7 Å². The molecule has 0 aliphatic carbocycles. The Morgan fingerprint density at radius 1 is 1.10 bits per heavy atom. The molecule has 1 N–H and O–H groups in total. The van der Waals surface area contributed by atoms with Crippen LogP contribution in [0.1, 0.15) is 36.2 Å². The summed E-state index contributed by atoms with van der Waals surface area (Å²) in [6.45, 7) is 4.04. The molecule has 0 bridgehead atoms. The van der Waals surface area contributed by atoms with Crippen molar-refractivity contribution in [2.75, 3.05) is 20.7 Å². The Kier molecular flexibility index (Phi) is 7.54. The molecule has 2 aromatic carbocycles. The summed E-state index contributed by atoms with van der Waals surface area (Å²) in [7, 11) is -1.23. The molecular weight excluding hydrogens is 392 g/mol. The average Bonchev–Trinajstić information content (AvgIpc) is 2.72. The van der Waals surface area contributed by atoms with Crippen molar-refractivity contribution >= 4 is 15.9 Å². The Bertz CT molecular complexity index is 912. The monoisotopic (exact) mass is 420 g/mol. The lowest BCUT2D eigenvalue weighted by molar-refractivity contribution is -0.0258. The molecule has 0 aliphatic heterocycles. The zero-order valence-corrected chi connectivity index (χ0v) is 18.0. The van der Waals surface area contributed by atoms with Gasteiger partial charge in [0.2, 0.25) is 0 Å². The minimum Gasteiger partial charge on any atom is -0.388 e. The first-order chi connectivity index (χ1) is 13.6. The van der Waals surface area contributed by atoms with Crippen LogP contribution in [0, 0.1) is 0 Å². The topological polar surface area (TPSA) is 87.2 Å². The summed E-state index contributed by atoms with van der Waals surface area (Å²) >= 11 is 0. The summed E-state index contributed by atoms with van der Waals surface area (Å²) in [5, 5.41) is 10.5. The molecule has 1 atom stereocenters. The second-order valence-electron chi connectivity index (χ2n) is 7.12. The lowest BCUT2D eigenvalue weighted by atomic mass is 10.0. The lowest BCUT2D eigenvalue weighted by Crippen LogP contribution is -2.43. The van der Waals surface area contributed by atoms with E-state index in [0.29, 0.717) is 18.5 Å². The third-order valence-corrected chi connectivity index (χ3v) is 6.49. The van der Waals surface area contributed by atoms with Crippen LogP contribution in [0.2, 0.25) is 0 Å². The first-order valence-corrected chi connectivity index (χ1v) is 10.7. The van der Waals surface area contributed by atoms with Gasteiger partial charge in [0.15, 0.2) is 0 Å². The molecule has 0 saturated heterocycles. The number of hydrogen-bond acceptors (Lipinski definition) is 5. The third-order valence-electron chi connectivity index (χ3n) is 4.79. The SMILES string of the molecule is CC[C@](C)(O)CN(Cc1ccccc1)C(=O)c1ccc(S(=O)(=O)N(C)OC)cc1. The molecule has 29 heavy (non-hydrogen) atoms. The molecule has 0 aromatic heterocycles. The first-order valence-electron chi connectivity index (χ1n) is 9.29. The van der Waals surface area contributed by atoms with Crippen LogP contribution in [-0.2, 0) is 21.4 Å². The lowest BCUT2D eigenvalue weighted by Gasteiger charge is -2.31. The number of amides is 1. The number of carbonyl (C=O) groups is 1. The average molecular weight is 421 g/mol. The van der Waals surface area contributed by atoms with Crippen molar-refractivity contribution in [1.29, 1.82) is 0 Å². The van der Waals surface area contributed by atoms with E-state index in [4.69, 9.17) is 4.84 Å². The third kappa shape index (κ3) is 5.86. The zero-order valence-electron chi connectivity index (χ0n) is 17.2. The number of carbonyl (C=O) groups excluding carboxylic acids is 1. The van der Waals surface area contributed by atoms with Crippen LogP contribution in [0.15, 0.2) is 59.5 Å². The van der Waals surface area contributed by atoms with Gasteiger partial charge in [-0.2, -0.15) is 0 Å². The number of nitrogens with zero attached hydrogens (tertiary/aromatic N) is 2. The van der Waals surface area contributed by atoms with E-state index in [1.54, 1.807) is 11.8 Å². The van der Waals surface area contributed by atoms with Gasteiger partial charge >= 0.3 is 0 Å². The number of hydrogen-bond donors (Lipinski definition) is 1. The van der Waals surface area contributed by atoms with Crippen molar-refractivity contribution in [2.24, 2.45) is 0 Å². The Balaban J connectivity index is 2.30. The van der Waals surface area contributed by atoms with Crippen molar-refractivity contribution in [1.82, 2.24) is 9.37 Å². The highest BCUT2D eigenvalue weighted by molar-refractivity contribution is 7.89. The summed E-state index contributed by atoms with van der Waals surface area (Å²) in [4.78, 5) is 19.5. The van der Waals surface area contributed by atoms with Crippen molar-refractivity contribution in [3.63, 3.8) is 0 Å². The molecule has 158 valence electrons. The number of hydroxylamine groups is 1. The highest BCUT2D eigenvalue weighted by Crippen LogP contribution is 2.19. The Morgan fingerprint density at radius 2 is 1.69 bits per heavy atom. The number of sulfonamides is 1. The van der Waals surface area contributed by atoms with Crippen LogP contribution >= 0.6 is 0 Å². The summed E-state index contributed by atoms with van der Waals surface area (Å²) in [5.74, 6) is -0.286.